The lowest BCUT2D eigenvalue weighted by Gasteiger charge is -2.29. The van der Waals surface area contributed by atoms with Gasteiger partial charge >= 0.3 is 12.3 Å². The summed E-state index contributed by atoms with van der Waals surface area (Å²) in [5, 5.41) is 18.6. The molecule has 2 rings (SSSR count). The summed E-state index contributed by atoms with van der Waals surface area (Å²) in [6, 6.07) is 0. The van der Waals surface area contributed by atoms with Crippen molar-refractivity contribution < 1.29 is 24.1 Å². The number of carboxylic acids is 1. The Morgan fingerprint density at radius 1 is 1.26 bits per heavy atom. The lowest BCUT2D eigenvalue weighted by atomic mass is 9.77. The van der Waals surface area contributed by atoms with Gasteiger partial charge < -0.3 is 10.2 Å². The number of carbonyl (C=O) groups is 1. The summed E-state index contributed by atoms with van der Waals surface area (Å²) in [6.45, 7) is 9.19. The van der Waals surface area contributed by atoms with E-state index in [2.05, 4.69) is 25.0 Å². The highest BCUT2D eigenvalue weighted by Gasteiger charge is 2.38. The molecule has 0 radical (unpaired) electrons. The van der Waals surface area contributed by atoms with Crippen molar-refractivity contribution in [2.75, 3.05) is 19.6 Å². The Kier molecular flexibility index (Phi) is 5.63. The molecular weight excluding hydrogens is 292 g/mol. The van der Waals surface area contributed by atoms with E-state index in [1.54, 1.807) is 0 Å². The zero-order valence-corrected chi connectivity index (χ0v) is 14.3. The molecule has 0 bridgehead atoms. The predicted molar refractivity (Wildman–Crippen MR) is 90.0 cm³/mol. The van der Waals surface area contributed by atoms with Gasteiger partial charge in [0.25, 0.3) is 0 Å². The normalized spacial score (nSPS) is 30.5. The summed E-state index contributed by atoms with van der Waals surface area (Å²) >= 11 is 0. The van der Waals surface area contributed by atoms with E-state index >= 15 is 0 Å². The molecular formula is C18H30N2O3+2. The van der Waals surface area contributed by atoms with Gasteiger partial charge in [-0.15, -0.1) is 0 Å². The van der Waals surface area contributed by atoms with Crippen LogP contribution in [-0.2, 0) is 4.79 Å². The van der Waals surface area contributed by atoms with Gasteiger partial charge in [0.15, 0.2) is 19.3 Å². The van der Waals surface area contributed by atoms with E-state index in [9.17, 15) is 9.90 Å². The quantitative estimate of drug-likeness (QED) is 0.430. The van der Waals surface area contributed by atoms with E-state index in [0.717, 1.165) is 18.4 Å². The largest absolute Gasteiger partial charge is 0.507 e. The minimum Gasteiger partial charge on any atom is -0.507 e. The molecule has 0 saturated heterocycles. The first kappa shape index (κ1) is 17.7. The summed E-state index contributed by atoms with van der Waals surface area (Å²) in [5.74, 6) is 1.40. The number of quaternary nitrogens is 1. The molecule has 5 nitrogen and oxygen atoms in total. The number of rotatable bonds is 7. The average molecular weight is 322 g/mol. The second-order valence-corrected chi connectivity index (χ2v) is 7.51. The maximum absolute atomic E-state index is 11.1. The molecule has 0 amide bonds. The molecule has 1 aliphatic heterocycles. The van der Waals surface area contributed by atoms with E-state index in [-0.39, 0.29) is 23.3 Å². The van der Waals surface area contributed by atoms with Crippen molar-refractivity contribution in [3.63, 3.8) is 0 Å². The summed E-state index contributed by atoms with van der Waals surface area (Å²) in [7, 11) is 0. The van der Waals surface area contributed by atoms with Crippen LogP contribution in [0.15, 0.2) is 24.7 Å². The van der Waals surface area contributed by atoms with Gasteiger partial charge in [0, 0.05) is 5.92 Å². The maximum Gasteiger partial charge on any atom is 0.360 e. The van der Waals surface area contributed by atoms with Gasteiger partial charge in [0.05, 0.1) is 0 Å². The number of hydrogen-bond acceptors (Lipinski definition) is 2. The fraction of sp³-hybridized carbons (Fsp3) is 0.667. The lowest BCUT2D eigenvalue weighted by Crippen LogP contribution is -2.46. The van der Waals surface area contributed by atoms with Crippen LogP contribution >= 0.6 is 0 Å². The first-order valence-corrected chi connectivity index (χ1v) is 8.56. The van der Waals surface area contributed by atoms with Gasteiger partial charge in [-0.25, -0.2) is 4.79 Å². The van der Waals surface area contributed by atoms with Crippen molar-refractivity contribution in [2.45, 2.75) is 39.5 Å². The van der Waals surface area contributed by atoms with Crippen molar-refractivity contribution >= 4 is 12.3 Å². The zero-order valence-electron chi connectivity index (χ0n) is 14.3. The number of carboxylic acid groups (broad SMARTS) is 1. The maximum atomic E-state index is 11.1. The first-order chi connectivity index (χ1) is 10.8. The number of aliphatic carboxylic acids is 1. The highest BCUT2D eigenvalue weighted by atomic mass is 16.4. The molecule has 1 atom stereocenters. The van der Waals surface area contributed by atoms with E-state index in [1.165, 1.54) is 25.7 Å². The second-order valence-electron chi connectivity index (χ2n) is 7.51. The molecule has 23 heavy (non-hydrogen) atoms. The molecule has 5 heteroatoms. The van der Waals surface area contributed by atoms with Crippen LogP contribution in [0.5, 0.6) is 0 Å². The molecule has 0 aromatic rings. The topological polar surface area (TPSA) is 60.5 Å². The molecule has 1 fully saturated rings. The highest BCUT2D eigenvalue weighted by molar-refractivity contribution is 5.69. The molecule has 2 N–H and O–H groups in total. The minimum absolute atomic E-state index is 0.00596. The highest BCUT2D eigenvalue weighted by Crippen LogP contribution is 2.33. The van der Waals surface area contributed by atoms with Crippen LogP contribution in [-0.4, -0.2) is 51.2 Å². The van der Waals surface area contributed by atoms with Crippen LogP contribution in [0.4, 0.5) is 0 Å². The molecule has 2 aliphatic rings. The van der Waals surface area contributed by atoms with Gasteiger partial charge in [-0.2, -0.15) is 9.06 Å². The van der Waals surface area contributed by atoms with Gasteiger partial charge in [-0.3, -0.25) is 0 Å². The number of nitrogens with zero attached hydrogens (tertiary/aromatic N) is 2. The number of hydrogen-bond donors (Lipinski definition) is 2. The zero-order chi connectivity index (χ0) is 17.0. The fourth-order valence-corrected chi connectivity index (χ4v) is 3.87. The Labute approximate surface area is 138 Å². The minimum atomic E-state index is -0.883. The van der Waals surface area contributed by atoms with Crippen molar-refractivity contribution in [3.05, 3.63) is 24.7 Å². The Hall–Kier alpha value is -1.62. The SMILES string of the molecule is C=C(O)C[N+]1(CC(=O)O)C=C[N+](CC2CCC(C(C)C)CC2)=C1. The molecule has 0 spiro atoms. The van der Waals surface area contributed by atoms with Gasteiger partial charge in [-0.1, -0.05) is 20.4 Å². The third-order valence-electron chi connectivity index (χ3n) is 5.14. The third kappa shape index (κ3) is 4.93. The Morgan fingerprint density at radius 2 is 1.91 bits per heavy atom. The summed E-state index contributed by atoms with van der Waals surface area (Å²) < 4.78 is 2.19. The van der Waals surface area contributed by atoms with E-state index < -0.39 is 5.97 Å². The average Bonchev–Trinajstić information content (AvgIpc) is 2.80. The van der Waals surface area contributed by atoms with Crippen LogP contribution in [0.3, 0.4) is 0 Å². The smallest absolute Gasteiger partial charge is 0.360 e. The second kappa shape index (κ2) is 7.30. The van der Waals surface area contributed by atoms with Gasteiger partial charge in [0.2, 0.25) is 6.20 Å². The number of aliphatic hydroxyl groups is 1. The van der Waals surface area contributed by atoms with Crippen molar-refractivity contribution in [2.24, 2.45) is 17.8 Å². The summed E-state index contributed by atoms with van der Waals surface area (Å²) in [6.07, 6.45) is 10.8. The lowest BCUT2D eigenvalue weighted by molar-refractivity contribution is -0.778. The molecule has 0 aromatic carbocycles. The van der Waals surface area contributed by atoms with Gasteiger partial charge in [0.1, 0.15) is 12.3 Å². The van der Waals surface area contributed by atoms with E-state index in [0.29, 0.717) is 5.92 Å². The predicted octanol–water partition coefficient (Wildman–Crippen LogP) is 2.95. The van der Waals surface area contributed by atoms with Crippen LogP contribution in [0.1, 0.15) is 39.5 Å². The monoisotopic (exact) mass is 322 g/mol. The van der Waals surface area contributed by atoms with Crippen LogP contribution < -0.4 is 0 Å². The van der Waals surface area contributed by atoms with Gasteiger partial charge in [-0.05, 0) is 37.5 Å². The van der Waals surface area contributed by atoms with Crippen LogP contribution in [0, 0.1) is 17.8 Å². The molecule has 1 unspecified atom stereocenters. The van der Waals surface area contributed by atoms with E-state index in [1.807, 2.05) is 18.7 Å². The fourth-order valence-electron chi connectivity index (χ4n) is 3.87. The van der Waals surface area contributed by atoms with Crippen molar-refractivity contribution in [3.8, 4) is 0 Å². The molecule has 1 saturated carbocycles. The van der Waals surface area contributed by atoms with Crippen molar-refractivity contribution in [1.82, 2.24) is 0 Å². The summed E-state index contributed by atoms with van der Waals surface area (Å²) in [5.41, 5.74) is 0. The Morgan fingerprint density at radius 3 is 2.43 bits per heavy atom. The van der Waals surface area contributed by atoms with Crippen LogP contribution in [0.2, 0.25) is 0 Å². The molecule has 128 valence electrons. The first-order valence-electron chi connectivity index (χ1n) is 8.56. The molecule has 1 heterocycles. The third-order valence-corrected chi connectivity index (χ3v) is 5.14. The Balaban J connectivity index is 1.97. The summed E-state index contributed by atoms with van der Waals surface area (Å²) in [4.78, 5) is 11.1. The molecule has 1 aliphatic carbocycles. The van der Waals surface area contributed by atoms with E-state index in [4.69, 9.17) is 5.11 Å². The standard InChI is InChI=1S/C18H28N2O3/c1-14(2)17-6-4-16(5-7-17)10-19-8-9-20(13-19,11-15(3)21)12-18(22)23/h8-9,13-14,16-17H,3-7,10-12H2,1-2H3/p+2. The Bertz CT molecular complexity index is 498. The molecule has 0 aromatic heterocycles. The van der Waals surface area contributed by atoms with Crippen molar-refractivity contribution in [1.29, 1.82) is 0 Å². The number of aliphatic hydroxyl groups excluding tert-OH is 1. The van der Waals surface area contributed by atoms with Crippen LogP contribution in [0.25, 0.3) is 0 Å².